The second kappa shape index (κ2) is 8.94. The highest BCUT2D eigenvalue weighted by Crippen LogP contribution is 2.35. The van der Waals surface area contributed by atoms with E-state index in [1.807, 2.05) is 12.4 Å². The second-order valence-electron chi connectivity index (χ2n) is 10.1. The average Bonchev–Trinajstić information content (AvgIpc) is 3.69. The highest BCUT2D eigenvalue weighted by atomic mass is 32.1. The molecule has 2 aromatic carbocycles. The number of imidazole rings is 1. The Hall–Kier alpha value is -3.81. The lowest BCUT2D eigenvalue weighted by atomic mass is 9.98. The van der Waals surface area contributed by atoms with Crippen molar-refractivity contribution in [1.82, 2.24) is 30.0 Å². The summed E-state index contributed by atoms with van der Waals surface area (Å²) in [6.45, 7) is 7.73. The van der Waals surface area contributed by atoms with Crippen LogP contribution in [0.3, 0.4) is 0 Å². The van der Waals surface area contributed by atoms with E-state index in [1.54, 1.807) is 11.3 Å². The molecule has 1 aliphatic rings. The quantitative estimate of drug-likeness (QED) is 0.262. The number of hydrogen-bond donors (Lipinski definition) is 2. The van der Waals surface area contributed by atoms with E-state index in [1.165, 1.54) is 57.9 Å². The monoisotopic (exact) mass is 504 g/mol. The van der Waals surface area contributed by atoms with Gasteiger partial charge >= 0.3 is 0 Å². The number of hydrogen-bond acceptors (Lipinski definition) is 5. The third-order valence-corrected chi connectivity index (χ3v) is 8.30. The Bertz CT molecular complexity index is 1750. The molecule has 0 atom stereocenters. The lowest BCUT2D eigenvalue weighted by Crippen LogP contribution is -2.18. The van der Waals surface area contributed by atoms with Crippen molar-refractivity contribution in [2.75, 3.05) is 13.1 Å². The molecule has 4 aromatic heterocycles. The Morgan fingerprint density at radius 2 is 1.81 bits per heavy atom. The lowest BCUT2D eigenvalue weighted by Gasteiger charge is -2.16. The first-order valence-electron chi connectivity index (χ1n) is 12.8. The van der Waals surface area contributed by atoms with Crippen LogP contribution in [0.1, 0.15) is 28.8 Å². The summed E-state index contributed by atoms with van der Waals surface area (Å²) in [5.74, 6) is 0.750. The molecule has 1 fully saturated rings. The van der Waals surface area contributed by atoms with Crippen molar-refractivity contribution >= 4 is 33.3 Å². The van der Waals surface area contributed by atoms with E-state index in [9.17, 15) is 0 Å². The number of aryl methyl sites for hydroxylation is 2. The third kappa shape index (κ3) is 4.14. The highest BCUT2D eigenvalue weighted by Gasteiger charge is 2.17. The summed E-state index contributed by atoms with van der Waals surface area (Å²) in [4.78, 5) is 17.9. The topological polar surface area (TPSA) is 73.5 Å². The Labute approximate surface area is 219 Å². The molecule has 7 rings (SSSR count). The Morgan fingerprint density at radius 1 is 0.919 bits per heavy atom. The SMILES string of the molecule is Cc1cc(CN2CCCC2)cc(-c2ccc3[nH]nc(-c4nc5c(-c6ccc(C)s6)cncc5[nH]4)c3c2)c1. The summed E-state index contributed by atoms with van der Waals surface area (Å²) in [6, 6.07) is 17.7. The van der Waals surface area contributed by atoms with Gasteiger partial charge in [-0.3, -0.25) is 15.0 Å². The van der Waals surface area contributed by atoms with Crippen molar-refractivity contribution in [3.63, 3.8) is 0 Å². The first-order valence-corrected chi connectivity index (χ1v) is 13.6. The van der Waals surface area contributed by atoms with Crippen molar-refractivity contribution in [3.05, 3.63) is 76.9 Å². The summed E-state index contributed by atoms with van der Waals surface area (Å²) >= 11 is 1.76. The van der Waals surface area contributed by atoms with Crippen LogP contribution in [0.2, 0.25) is 0 Å². The predicted octanol–water partition coefficient (Wildman–Crippen LogP) is 7.11. The molecule has 1 aliphatic heterocycles. The van der Waals surface area contributed by atoms with E-state index in [0.717, 1.165) is 45.6 Å². The minimum Gasteiger partial charge on any atom is -0.335 e. The van der Waals surface area contributed by atoms with Crippen molar-refractivity contribution in [2.24, 2.45) is 0 Å². The number of likely N-dealkylation sites (tertiary alicyclic amines) is 1. The van der Waals surface area contributed by atoms with Gasteiger partial charge in [0.15, 0.2) is 5.82 Å². The number of aromatic amines is 2. The van der Waals surface area contributed by atoms with Gasteiger partial charge in [0.05, 0.1) is 17.2 Å². The fourth-order valence-electron chi connectivity index (χ4n) is 5.50. The molecule has 0 aliphatic carbocycles. The summed E-state index contributed by atoms with van der Waals surface area (Å²) in [5, 5.41) is 8.92. The largest absolute Gasteiger partial charge is 0.335 e. The fraction of sp³-hybridized carbons (Fsp3) is 0.233. The van der Waals surface area contributed by atoms with Crippen molar-refractivity contribution in [2.45, 2.75) is 33.2 Å². The number of nitrogens with zero attached hydrogens (tertiary/aromatic N) is 4. The summed E-state index contributed by atoms with van der Waals surface area (Å²) in [6.07, 6.45) is 6.36. The van der Waals surface area contributed by atoms with Gasteiger partial charge in [0.25, 0.3) is 0 Å². The molecule has 0 unspecified atom stereocenters. The van der Waals surface area contributed by atoms with Gasteiger partial charge in [-0.2, -0.15) is 5.10 Å². The number of nitrogens with one attached hydrogen (secondary N) is 2. The van der Waals surface area contributed by atoms with E-state index in [0.29, 0.717) is 0 Å². The number of H-pyrrole nitrogens is 2. The van der Waals surface area contributed by atoms with Crippen LogP contribution in [0.25, 0.3) is 55.0 Å². The van der Waals surface area contributed by atoms with Crippen molar-refractivity contribution < 1.29 is 0 Å². The number of thiophene rings is 1. The van der Waals surface area contributed by atoms with E-state index in [-0.39, 0.29) is 0 Å². The highest BCUT2D eigenvalue weighted by molar-refractivity contribution is 7.15. The van der Waals surface area contributed by atoms with Gasteiger partial charge in [-0.1, -0.05) is 23.8 Å². The molecule has 0 radical (unpaired) electrons. The zero-order valence-corrected chi connectivity index (χ0v) is 21.8. The van der Waals surface area contributed by atoms with Crippen LogP contribution >= 0.6 is 11.3 Å². The predicted molar refractivity (Wildman–Crippen MR) is 152 cm³/mol. The molecule has 6 nitrogen and oxygen atoms in total. The maximum atomic E-state index is 5.00. The van der Waals surface area contributed by atoms with Crippen molar-refractivity contribution in [1.29, 1.82) is 0 Å². The molecule has 37 heavy (non-hydrogen) atoms. The van der Waals surface area contributed by atoms with Crippen LogP contribution < -0.4 is 0 Å². The van der Waals surface area contributed by atoms with E-state index < -0.39 is 0 Å². The number of pyridine rings is 1. The van der Waals surface area contributed by atoms with Crippen LogP contribution in [0.4, 0.5) is 0 Å². The Kier molecular flexibility index (Phi) is 5.41. The van der Waals surface area contributed by atoms with Crippen LogP contribution in [0, 0.1) is 13.8 Å². The summed E-state index contributed by atoms with van der Waals surface area (Å²) in [7, 11) is 0. The van der Waals surface area contributed by atoms with Gasteiger partial charge in [0, 0.05) is 33.4 Å². The lowest BCUT2D eigenvalue weighted by molar-refractivity contribution is 0.331. The average molecular weight is 505 g/mol. The molecule has 0 amide bonds. The van der Waals surface area contributed by atoms with Crippen LogP contribution in [-0.2, 0) is 6.54 Å². The van der Waals surface area contributed by atoms with E-state index >= 15 is 0 Å². The molecule has 5 heterocycles. The van der Waals surface area contributed by atoms with Gasteiger partial charge in [-0.25, -0.2) is 4.98 Å². The zero-order chi connectivity index (χ0) is 24.9. The van der Waals surface area contributed by atoms with Gasteiger partial charge < -0.3 is 4.98 Å². The summed E-state index contributed by atoms with van der Waals surface area (Å²) in [5.41, 5.74) is 9.81. The molecular formula is C30H28N6S. The molecule has 7 heteroatoms. The van der Waals surface area contributed by atoms with E-state index in [4.69, 9.17) is 4.98 Å². The van der Waals surface area contributed by atoms with Crippen LogP contribution in [0.15, 0.2) is 60.9 Å². The second-order valence-corrected chi connectivity index (χ2v) is 11.4. The molecule has 184 valence electrons. The van der Waals surface area contributed by atoms with Crippen LogP contribution in [-0.4, -0.2) is 43.1 Å². The molecule has 1 saturated heterocycles. The molecule has 6 aromatic rings. The molecule has 0 bridgehead atoms. The third-order valence-electron chi connectivity index (χ3n) is 7.26. The van der Waals surface area contributed by atoms with Gasteiger partial charge in [-0.15, -0.1) is 11.3 Å². The number of aromatic nitrogens is 5. The first-order chi connectivity index (χ1) is 18.1. The molecule has 2 N–H and O–H groups in total. The van der Waals surface area contributed by atoms with Gasteiger partial charge in [0.2, 0.25) is 0 Å². The normalized spacial score (nSPS) is 14.3. The molecule has 0 spiro atoms. The summed E-state index contributed by atoms with van der Waals surface area (Å²) < 4.78 is 0. The zero-order valence-electron chi connectivity index (χ0n) is 21.0. The van der Waals surface area contributed by atoms with Crippen LogP contribution in [0.5, 0.6) is 0 Å². The number of fused-ring (bicyclic) bond motifs is 2. The smallest absolute Gasteiger partial charge is 0.159 e. The standard InChI is InChI=1S/C30H28N6S/c1-18-11-20(17-36-9-3-4-10-36)13-22(12-18)21-6-7-25-23(14-21)29(35-34-25)30-32-26-16-31-15-24(28(26)33-30)27-8-5-19(2)37-27/h5-8,11-16H,3-4,9-10,17H2,1-2H3,(H,32,33)(H,34,35). The first kappa shape index (κ1) is 22.4. The minimum absolute atomic E-state index is 0.750. The molecule has 0 saturated carbocycles. The van der Waals surface area contributed by atoms with Crippen molar-refractivity contribution in [3.8, 4) is 33.1 Å². The van der Waals surface area contributed by atoms with E-state index in [2.05, 4.69) is 87.4 Å². The molecular weight excluding hydrogens is 476 g/mol. The Balaban J connectivity index is 1.29. The fourth-order valence-corrected chi connectivity index (χ4v) is 6.38. The maximum Gasteiger partial charge on any atom is 0.159 e. The minimum atomic E-state index is 0.750. The van der Waals surface area contributed by atoms with Gasteiger partial charge in [-0.05, 0) is 86.8 Å². The Morgan fingerprint density at radius 3 is 2.65 bits per heavy atom. The number of benzene rings is 2. The maximum absolute atomic E-state index is 5.00. The number of rotatable bonds is 5. The van der Waals surface area contributed by atoms with Gasteiger partial charge in [0.1, 0.15) is 11.2 Å².